The lowest BCUT2D eigenvalue weighted by molar-refractivity contribution is 0.240. The number of nitrogens with one attached hydrogen (secondary N) is 1. The standard InChI is InChI=1S/C20H25BrN2/c1-15-8-9-17(16(2)14-15)20(18-6-3-4-7-19(18)21)23-12-5-10-22-11-13-23/h3-4,6-9,14,20,22H,5,10-13H2,1-2H3. The monoisotopic (exact) mass is 372 g/mol. The van der Waals surface area contributed by atoms with Crippen molar-refractivity contribution in [2.24, 2.45) is 0 Å². The van der Waals surface area contributed by atoms with E-state index in [9.17, 15) is 0 Å². The Bertz CT molecular complexity index is 660. The van der Waals surface area contributed by atoms with E-state index in [1.807, 2.05) is 0 Å². The van der Waals surface area contributed by atoms with E-state index in [0.29, 0.717) is 6.04 Å². The Kier molecular flexibility index (Phi) is 5.52. The molecule has 3 heteroatoms. The molecule has 0 aliphatic carbocycles. The molecule has 122 valence electrons. The number of nitrogens with zero attached hydrogens (tertiary/aromatic N) is 1. The maximum Gasteiger partial charge on any atom is 0.0615 e. The second-order valence-electron chi connectivity index (χ2n) is 6.42. The smallest absolute Gasteiger partial charge is 0.0615 e. The lowest BCUT2D eigenvalue weighted by Gasteiger charge is -2.33. The van der Waals surface area contributed by atoms with Crippen molar-refractivity contribution in [3.63, 3.8) is 0 Å². The van der Waals surface area contributed by atoms with Crippen LogP contribution < -0.4 is 5.32 Å². The Morgan fingerprint density at radius 1 is 1.00 bits per heavy atom. The quantitative estimate of drug-likeness (QED) is 0.855. The van der Waals surface area contributed by atoms with Gasteiger partial charge < -0.3 is 5.32 Å². The molecular formula is C20H25BrN2. The van der Waals surface area contributed by atoms with Crippen LogP contribution >= 0.6 is 15.9 Å². The van der Waals surface area contributed by atoms with Gasteiger partial charge in [0, 0.05) is 24.1 Å². The Labute approximate surface area is 148 Å². The Morgan fingerprint density at radius 2 is 1.83 bits per heavy atom. The third-order valence-corrected chi connectivity index (χ3v) is 5.38. The highest BCUT2D eigenvalue weighted by atomic mass is 79.9. The van der Waals surface area contributed by atoms with Crippen LogP contribution in [0.15, 0.2) is 46.9 Å². The first-order valence-electron chi connectivity index (χ1n) is 8.43. The Hall–Kier alpha value is -1.16. The molecule has 1 aliphatic heterocycles. The van der Waals surface area contributed by atoms with Crippen molar-refractivity contribution in [2.45, 2.75) is 26.3 Å². The van der Waals surface area contributed by atoms with Gasteiger partial charge in [0.05, 0.1) is 6.04 Å². The van der Waals surface area contributed by atoms with Crippen LogP contribution in [0.2, 0.25) is 0 Å². The molecule has 0 radical (unpaired) electrons. The molecule has 1 unspecified atom stereocenters. The predicted molar refractivity (Wildman–Crippen MR) is 101 cm³/mol. The largest absolute Gasteiger partial charge is 0.315 e. The molecule has 1 N–H and O–H groups in total. The SMILES string of the molecule is Cc1ccc(C(c2ccccc2Br)N2CCCNCC2)c(C)c1. The molecule has 1 heterocycles. The van der Waals surface area contributed by atoms with Crippen molar-refractivity contribution in [1.82, 2.24) is 10.2 Å². The van der Waals surface area contributed by atoms with Crippen molar-refractivity contribution in [3.8, 4) is 0 Å². The number of halogens is 1. The zero-order valence-electron chi connectivity index (χ0n) is 14.0. The van der Waals surface area contributed by atoms with Crippen LogP contribution in [0.4, 0.5) is 0 Å². The third-order valence-electron chi connectivity index (χ3n) is 4.66. The first-order valence-corrected chi connectivity index (χ1v) is 9.22. The number of benzene rings is 2. The molecule has 0 saturated carbocycles. The molecule has 2 aromatic carbocycles. The maximum absolute atomic E-state index is 3.78. The molecule has 23 heavy (non-hydrogen) atoms. The molecule has 1 fully saturated rings. The van der Waals surface area contributed by atoms with Gasteiger partial charge in [0.2, 0.25) is 0 Å². The van der Waals surface area contributed by atoms with Crippen LogP contribution in [0.3, 0.4) is 0 Å². The predicted octanol–water partition coefficient (Wildman–Crippen LogP) is 4.45. The fourth-order valence-corrected chi connectivity index (χ4v) is 4.02. The second-order valence-corrected chi connectivity index (χ2v) is 7.28. The van der Waals surface area contributed by atoms with Gasteiger partial charge in [0.1, 0.15) is 0 Å². The molecule has 1 aliphatic rings. The van der Waals surface area contributed by atoms with E-state index in [2.05, 4.69) is 82.5 Å². The summed E-state index contributed by atoms with van der Waals surface area (Å²) in [6, 6.07) is 15.8. The minimum Gasteiger partial charge on any atom is -0.315 e. The van der Waals surface area contributed by atoms with Crippen LogP contribution in [0.5, 0.6) is 0 Å². The fourth-order valence-electron chi connectivity index (χ4n) is 3.52. The van der Waals surface area contributed by atoms with Gasteiger partial charge in [-0.25, -0.2) is 0 Å². The van der Waals surface area contributed by atoms with Crippen LogP contribution in [-0.2, 0) is 0 Å². The molecule has 2 aromatic rings. The fraction of sp³-hybridized carbons (Fsp3) is 0.400. The summed E-state index contributed by atoms with van der Waals surface area (Å²) in [5.74, 6) is 0. The summed E-state index contributed by atoms with van der Waals surface area (Å²) in [6.45, 7) is 8.80. The minimum absolute atomic E-state index is 0.311. The second kappa shape index (κ2) is 7.61. The van der Waals surface area contributed by atoms with E-state index in [1.54, 1.807) is 0 Å². The summed E-state index contributed by atoms with van der Waals surface area (Å²) in [6.07, 6.45) is 1.20. The molecule has 2 nitrogen and oxygen atoms in total. The number of aryl methyl sites for hydroxylation is 2. The van der Waals surface area contributed by atoms with Gasteiger partial charge in [-0.2, -0.15) is 0 Å². The highest BCUT2D eigenvalue weighted by Gasteiger charge is 2.25. The van der Waals surface area contributed by atoms with E-state index in [0.717, 1.165) is 26.2 Å². The van der Waals surface area contributed by atoms with Gasteiger partial charge in [0.25, 0.3) is 0 Å². The molecule has 1 atom stereocenters. The molecular weight excluding hydrogens is 348 g/mol. The van der Waals surface area contributed by atoms with Crippen molar-refractivity contribution >= 4 is 15.9 Å². The summed E-state index contributed by atoms with van der Waals surface area (Å²) in [7, 11) is 0. The van der Waals surface area contributed by atoms with Crippen LogP contribution in [-0.4, -0.2) is 31.1 Å². The zero-order chi connectivity index (χ0) is 16.2. The van der Waals surface area contributed by atoms with Gasteiger partial charge >= 0.3 is 0 Å². The van der Waals surface area contributed by atoms with Gasteiger partial charge in [-0.15, -0.1) is 0 Å². The van der Waals surface area contributed by atoms with E-state index in [1.165, 1.54) is 33.1 Å². The average molecular weight is 373 g/mol. The molecule has 0 spiro atoms. The molecule has 0 aromatic heterocycles. The topological polar surface area (TPSA) is 15.3 Å². The summed E-state index contributed by atoms with van der Waals surface area (Å²) in [4.78, 5) is 2.62. The summed E-state index contributed by atoms with van der Waals surface area (Å²) in [5, 5.41) is 3.52. The summed E-state index contributed by atoms with van der Waals surface area (Å²) in [5.41, 5.74) is 5.49. The van der Waals surface area contributed by atoms with Crippen LogP contribution in [0, 0.1) is 13.8 Å². The van der Waals surface area contributed by atoms with Crippen molar-refractivity contribution in [1.29, 1.82) is 0 Å². The normalized spacial score (nSPS) is 17.7. The molecule has 0 bridgehead atoms. The van der Waals surface area contributed by atoms with Crippen LogP contribution in [0.1, 0.15) is 34.7 Å². The van der Waals surface area contributed by atoms with Crippen molar-refractivity contribution in [3.05, 3.63) is 69.2 Å². The van der Waals surface area contributed by atoms with Crippen LogP contribution in [0.25, 0.3) is 0 Å². The first kappa shape index (κ1) is 16.7. The Morgan fingerprint density at radius 3 is 2.61 bits per heavy atom. The van der Waals surface area contributed by atoms with E-state index in [4.69, 9.17) is 0 Å². The van der Waals surface area contributed by atoms with Gasteiger partial charge in [-0.05, 0) is 49.6 Å². The van der Waals surface area contributed by atoms with Gasteiger partial charge in [-0.3, -0.25) is 4.90 Å². The minimum atomic E-state index is 0.311. The Balaban J connectivity index is 2.07. The number of hydrogen-bond acceptors (Lipinski definition) is 2. The molecule has 3 rings (SSSR count). The average Bonchev–Trinajstić information content (AvgIpc) is 2.80. The van der Waals surface area contributed by atoms with Gasteiger partial charge in [0.15, 0.2) is 0 Å². The van der Waals surface area contributed by atoms with Crippen molar-refractivity contribution < 1.29 is 0 Å². The maximum atomic E-state index is 3.78. The highest BCUT2D eigenvalue weighted by molar-refractivity contribution is 9.10. The van der Waals surface area contributed by atoms with Crippen molar-refractivity contribution in [2.75, 3.05) is 26.2 Å². The lowest BCUT2D eigenvalue weighted by Crippen LogP contribution is -2.33. The van der Waals surface area contributed by atoms with E-state index in [-0.39, 0.29) is 0 Å². The van der Waals surface area contributed by atoms with Gasteiger partial charge in [-0.1, -0.05) is 57.9 Å². The first-order chi connectivity index (χ1) is 11.2. The van der Waals surface area contributed by atoms with E-state index < -0.39 is 0 Å². The summed E-state index contributed by atoms with van der Waals surface area (Å²) >= 11 is 3.78. The number of hydrogen-bond donors (Lipinski definition) is 1. The zero-order valence-corrected chi connectivity index (χ0v) is 15.6. The highest BCUT2D eigenvalue weighted by Crippen LogP contribution is 2.35. The van der Waals surface area contributed by atoms with E-state index >= 15 is 0 Å². The molecule has 0 amide bonds. The summed E-state index contributed by atoms with van der Waals surface area (Å²) < 4.78 is 1.20. The number of rotatable bonds is 3. The lowest BCUT2D eigenvalue weighted by atomic mass is 9.92. The third kappa shape index (κ3) is 3.85. The molecule has 1 saturated heterocycles.